The fourth-order valence-electron chi connectivity index (χ4n) is 1.77. The summed E-state index contributed by atoms with van der Waals surface area (Å²) in [5.74, 6) is 0. The Labute approximate surface area is 108 Å². The van der Waals surface area contributed by atoms with Crippen molar-refractivity contribution in [1.82, 2.24) is 10.8 Å². The molecule has 1 aromatic rings. The van der Waals surface area contributed by atoms with Gasteiger partial charge in [-0.2, -0.15) is 5.48 Å². The van der Waals surface area contributed by atoms with Crippen molar-refractivity contribution < 1.29 is 9.63 Å². The van der Waals surface area contributed by atoms with Gasteiger partial charge < -0.3 is 11.1 Å². The third-order valence-electron chi connectivity index (χ3n) is 2.63. The van der Waals surface area contributed by atoms with E-state index in [4.69, 9.17) is 9.63 Å². The van der Waals surface area contributed by atoms with Crippen LogP contribution in [0.15, 0.2) is 30.3 Å². The molecule has 5 heteroatoms. The molecule has 1 fully saturated rings. The van der Waals surface area contributed by atoms with Gasteiger partial charge in [0, 0.05) is 12.6 Å². The van der Waals surface area contributed by atoms with Crippen LogP contribution in [0.25, 0.3) is 0 Å². The number of hydroxylamine groups is 1. The molecular formula is C13H21N3O2. The maximum absolute atomic E-state index is 8.58. The number of benzene rings is 1. The van der Waals surface area contributed by atoms with Gasteiger partial charge in [-0.3, -0.25) is 9.63 Å². The van der Waals surface area contributed by atoms with Gasteiger partial charge in [0.15, 0.2) is 0 Å². The van der Waals surface area contributed by atoms with Crippen molar-refractivity contribution in [1.29, 1.82) is 0 Å². The summed E-state index contributed by atoms with van der Waals surface area (Å²) in [4.78, 5) is 14.1. The van der Waals surface area contributed by atoms with Gasteiger partial charge in [-0.1, -0.05) is 30.3 Å². The maximum Gasteiger partial charge on any atom is 0.204 e. The number of piperidine rings is 1. The van der Waals surface area contributed by atoms with E-state index in [-0.39, 0.29) is 6.41 Å². The minimum atomic E-state index is 0.250. The first-order valence-electron chi connectivity index (χ1n) is 6.14. The molecule has 5 nitrogen and oxygen atoms in total. The first kappa shape index (κ1) is 14.6. The highest BCUT2D eigenvalue weighted by Crippen LogP contribution is 2.03. The molecule has 1 aliphatic heterocycles. The lowest BCUT2D eigenvalue weighted by atomic mass is 10.1. The Kier molecular flexibility index (Phi) is 7.79. The van der Waals surface area contributed by atoms with Gasteiger partial charge in [-0.05, 0) is 24.9 Å². The highest BCUT2D eigenvalue weighted by atomic mass is 16.6. The second-order valence-corrected chi connectivity index (χ2v) is 4.07. The number of primary amides is 1. The van der Waals surface area contributed by atoms with Crippen LogP contribution in [0.4, 0.5) is 0 Å². The van der Waals surface area contributed by atoms with Crippen LogP contribution in [0, 0.1) is 0 Å². The van der Waals surface area contributed by atoms with Gasteiger partial charge in [-0.15, -0.1) is 0 Å². The highest BCUT2D eigenvalue weighted by Gasteiger charge is 2.11. The Hall–Kier alpha value is -1.43. The topological polar surface area (TPSA) is 76.4 Å². The van der Waals surface area contributed by atoms with E-state index in [9.17, 15) is 0 Å². The molecule has 0 bridgehead atoms. The monoisotopic (exact) mass is 251 g/mol. The molecule has 2 rings (SSSR count). The molecule has 1 heterocycles. The van der Waals surface area contributed by atoms with Crippen LogP contribution >= 0.6 is 0 Å². The standard InChI is InChI=1S/C12H18N2O.CH3NO/c1-2-5-11(6-3-1)10-15-14-12-7-4-8-13-9-12;2-1-3/h1-3,5-6,12-14H,4,7-10H2;1H,(H2,2,3). The molecule has 4 N–H and O–H groups in total. The second-order valence-electron chi connectivity index (χ2n) is 4.07. The number of hydrogen-bond acceptors (Lipinski definition) is 4. The molecule has 18 heavy (non-hydrogen) atoms. The van der Waals surface area contributed by atoms with E-state index in [2.05, 4.69) is 28.7 Å². The van der Waals surface area contributed by atoms with Crippen molar-refractivity contribution in [2.75, 3.05) is 13.1 Å². The van der Waals surface area contributed by atoms with E-state index in [1.807, 2.05) is 18.2 Å². The molecule has 1 aliphatic rings. The van der Waals surface area contributed by atoms with Crippen molar-refractivity contribution >= 4 is 6.41 Å². The average Bonchev–Trinajstić information content (AvgIpc) is 2.42. The van der Waals surface area contributed by atoms with Gasteiger partial charge in [0.2, 0.25) is 6.41 Å². The van der Waals surface area contributed by atoms with E-state index >= 15 is 0 Å². The number of carbonyl (C=O) groups excluding carboxylic acids is 1. The Morgan fingerprint density at radius 2 is 2.17 bits per heavy atom. The van der Waals surface area contributed by atoms with Crippen molar-refractivity contribution in [3.8, 4) is 0 Å². The molecule has 1 aromatic carbocycles. The molecule has 1 atom stereocenters. The van der Waals surface area contributed by atoms with E-state index in [0.717, 1.165) is 13.1 Å². The van der Waals surface area contributed by atoms with Crippen molar-refractivity contribution in [2.45, 2.75) is 25.5 Å². The predicted octanol–water partition coefficient (Wildman–Crippen LogP) is 0.561. The van der Waals surface area contributed by atoms with Crippen molar-refractivity contribution in [3.05, 3.63) is 35.9 Å². The highest BCUT2D eigenvalue weighted by molar-refractivity contribution is 5.42. The number of rotatable bonds is 4. The van der Waals surface area contributed by atoms with Crippen molar-refractivity contribution in [2.24, 2.45) is 5.73 Å². The van der Waals surface area contributed by atoms with Gasteiger partial charge in [0.25, 0.3) is 0 Å². The number of hydrogen-bond donors (Lipinski definition) is 3. The first-order valence-corrected chi connectivity index (χ1v) is 6.14. The summed E-state index contributed by atoms with van der Waals surface area (Å²) in [7, 11) is 0. The van der Waals surface area contributed by atoms with Crippen LogP contribution in [0.3, 0.4) is 0 Å². The lowest BCUT2D eigenvalue weighted by Gasteiger charge is -2.23. The summed E-state index contributed by atoms with van der Waals surface area (Å²) < 4.78 is 0. The summed E-state index contributed by atoms with van der Waals surface area (Å²) in [5, 5.41) is 3.34. The van der Waals surface area contributed by atoms with Crippen LogP contribution in [0.1, 0.15) is 18.4 Å². The van der Waals surface area contributed by atoms with E-state index < -0.39 is 0 Å². The smallest absolute Gasteiger partial charge is 0.204 e. The van der Waals surface area contributed by atoms with Gasteiger partial charge in [0.05, 0.1) is 6.61 Å². The normalized spacial score (nSPS) is 18.6. The van der Waals surface area contributed by atoms with Crippen LogP contribution < -0.4 is 16.5 Å². The minimum absolute atomic E-state index is 0.250. The Morgan fingerprint density at radius 3 is 2.78 bits per heavy atom. The molecule has 1 amide bonds. The lowest BCUT2D eigenvalue weighted by Crippen LogP contribution is -2.42. The Morgan fingerprint density at radius 1 is 1.44 bits per heavy atom. The SMILES string of the molecule is NC=O.c1ccc(CONC2CCCNC2)cc1. The molecule has 0 spiro atoms. The zero-order valence-corrected chi connectivity index (χ0v) is 10.5. The number of carbonyl (C=O) groups is 1. The van der Waals surface area contributed by atoms with Gasteiger partial charge >= 0.3 is 0 Å². The Bertz CT molecular complexity index is 313. The predicted molar refractivity (Wildman–Crippen MR) is 70.5 cm³/mol. The maximum atomic E-state index is 8.58. The van der Waals surface area contributed by atoms with E-state index in [1.54, 1.807) is 0 Å². The Balaban J connectivity index is 0.000000492. The summed E-state index contributed by atoms with van der Waals surface area (Å²) in [6.07, 6.45) is 2.67. The summed E-state index contributed by atoms with van der Waals surface area (Å²) in [6.45, 7) is 2.78. The molecule has 0 aliphatic carbocycles. The average molecular weight is 251 g/mol. The lowest BCUT2D eigenvalue weighted by molar-refractivity contribution is -0.106. The van der Waals surface area contributed by atoms with Crippen LogP contribution in [0.5, 0.6) is 0 Å². The van der Waals surface area contributed by atoms with Gasteiger partial charge in [0.1, 0.15) is 0 Å². The third-order valence-corrected chi connectivity index (χ3v) is 2.63. The largest absolute Gasteiger partial charge is 0.372 e. The molecular weight excluding hydrogens is 230 g/mol. The van der Waals surface area contributed by atoms with Gasteiger partial charge in [-0.25, -0.2) is 0 Å². The summed E-state index contributed by atoms with van der Waals surface area (Å²) >= 11 is 0. The van der Waals surface area contributed by atoms with E-state index in [1.165, 1.54) is 18.4 Å². The first-order chi connectivity index (χ1) is 8.86. The summed E-state index contributed by atoms with van der Waals surface area (Å²) in [6, 6.07) is 10.7. The summed E-state index contributed by atoms with van der Waals surface area (Å²) in [5.41, 5.74) is 8.48. The number of nitrogens with two attached hydrogens (primary N) is 1. The van der Waals surface area contributed by atoms with Crippen LogP contribution in [0.2, 0.25) is 0 Å². The molecule has 0 saturated carbocycles. The zero-order valence-electron chi connectivity index (χ0n) is 10.5. The number of amides is 1. The van der Waals surface area contributed by atoms with Crippen LogP contribution in [-0.2, 0) is 16.2 Å². The molecule has 100 valence electrons. The number of nitrogens with one attached hydrogen (secondary N) is 2. The molecule has 0 radical (unpaired) electrons. The second kappa shape index (κ2) is 9.58. The van der Waals surface area contributed by atoms with E-state index in [0.29, 0.717) is 12.6 Å². The fourth-order valence-corrected chi connectivity index (χ4v) is 1.77. The van der Waals surface area contributed by atoms with Crippen molar-refractivity contribution in [3.63, 3.8) is 0 Å². The zero-order chi connectivity index (χ0) is 13.1. The third kappa shape index (κ3) is 6.34. The minimum Gasteiger partial charge on any atom is -0.372 e. The van der Waals surface area contributed by atoms with Crippen LogP contribution in [-0.4, -0.2) is 25.5 Å². The molecule has 1 saturated heterocycles. The molecule has 1 unspecified atom stereocenters. The fraction of sp³-hybridized carbons (Fsp3) is 0.462. The quantitative estimate of drug-likeness (QED) is 0.540. The molecule has 0 aromatic heterocycles.